The molecule has 0 bridgehead atoms. The summed E-state index contributed by atoms with van der Waals surface area (Å²) in [7, 11) is 0.207. The average Bonchev–Trinajstić information content (AvgIpc) is 4.26. The van der Waals surface area contributed by atoms with E-state index in [0.717, 1.165) is 16.7 Å². The Morgan fingerprint density at radius 2 is 1.33 bits per heavy atom. The molecule has 3 aliphatic rings. The smallest absolute Gasteiger partial charge is 0.406 e. The molecule has 3 saturated heterocycles. The fourth-order valence-electron chi connectivity index (χ4n) is 9.06. The summed E-state index contributed by atoms with van der Waals surface area (Å²) in [4.78, 5) is 25.8. The number of rotatable bonds is 19. The van der Waals surface area contributed by atoms with Crippen molar-refractivity contribution in [2.24, 2.45) is 0 Å². The number of aliphatic hydroxyl groups is 1. The lowest BCUT2D eigenvalue weighted by atomic mass is 9.80. The number of aromatic nitrogens is 8. The van der Waals surface area contributed by atoms with Gasteiger partial charge in [0.05, 0.1) is 59.8 Å². The molecule has 4 aromatic heterocycles. The molecule has 7 aromatic rings. The number of hydrogen-bond donors (Lipinski definition) is 4. The molecule has 3 aliphatic heterocycles. The van der Waals surface area contributed by atoms with Crippen LogP contribution in [0.15, 0.2) is 104 Å². The lowest BCUT2D eigenvalue weighted by molar-refractivity contribution is -0.0927. The molecular formula is C46H52N11O12P. The van der Waals surface area contributed by atoms with Crippen LogP contribution in [0.5, 0.6) is 11.5 Å². The van der Waals surface area contributed by atoms with E-state index in [1.54, 1.807) is 29.7 Å². The van der Waals surface area contributed by atoms with Gasteiger partial charge in [0, 0.05) is 13.5 Å². The van der Waals surface area contributed by atoms with E-state index in [9.17, 15) is 5.11 Å². The molecule has 23 nitrogen and oxygen atoms in total. The number of fused-ring (bicyclic) bond motifs is 2. The van der Waals surface area contributed by atoms with E-state index < -0.39 is 69.2 Å². The number of nitrogens with one attached hydrogen (secondary N) is 1. The summed E-state index contributed by atoms with van der Waals surface area (Å²) in [5.41, 5.74) is 14.9. The molecule has 368 valence electrons. The zero-order valence-electron chi connectivity index (χ0n) is 38.3. The summed E-state index contributed by atoms with van der Waals surface area (Å²) < 4.78 is 80.3. The minimum atomic E-state index is -4.44. The predicted octanol–water partition coefficient (Wildman–Crippen LogP) is 3.89. The van der Waals surface area contributed by atoms with Crippen molar-refractivity contribution in [3.63, 3.8) is 0 Å². The Morgan fingerprint density at radius 3 is 1.93 bits per heavy atom. The number of imidazole rings is 2. The van der Waals surface area contributed by atoms with Crippen LogP contribution in [0, 0.1) is 0 Å². The van der Waals surface area contributed by atoms with E-state index in [1.807, 2.05) is 78.9 Å². The van der Waals surface area contributed by atoms with Crippen molar-refractivity contribution >= 4 is 41.7 Å². The van der Waals surface area contributed by atoms with Crippen LogP contribution in [-0.4, -0.2) is 135 Å². The Hall–Kier alpha value is -6.21. The van der Waals surface area contributed by atoms with Gasteiger partial charge in [-0.1, -0.05) is 54.6 Å². The van der Waals surface area contributed by atoms with Crippen LogP contribution in [-0.2, 0) is 47.6 Å². The second-order valence-electron chi connectivity index (χ2n) is 16.6. The molecule has 7 heterocycles. The Balaban J connectivity index is 0.990. The fraction of sp³-hybridized carbons (Fsp3) is 0.391. The molecule has 6 N–H and O–H groups in total. The summed E-state index contributed by atoms with van der Waals surface area (Å²) in [6.45, 7) is 0.0564. The topological polar surface area (TPSA) is 281 Å². The van der Waals surface area contributed by atoms with E-state index in [2.05, 4.69) is 35.0 Å². The molecule has 10 rings (SSSR count). The third-order valence-corrected chi connectivity index (χ3v) is 14.2. The minimum absolute atomic E-state index is 0.0799. The van der Waals surface area contributed by atoms with Crippen molar-refractivity contribution in [3.8, 4) is 11.5 Å². The van der Waals surface area contributed by atoms with E-state index in [-0.39, 0.29) is 31.2 Å². The standard InChI is InChI=1S/C46H52N11O12P/c1-60-30-13-9-28(10-14-30)46(27-7-5-4-6-8-27,29-11-15-31(61-2)16-12-29)65-21-33-32(19-35(67-33)56-25-53-37-41(47)49-23-51-43(37)56)69-70(59,55-20-36-63-17-18-64-36)66-22-34-39(58)40(62-3)45(68-34)57-26-54-38-42(48)50-24-52-44(38)57/h4-16,23-26,32-36,39-40,45,58H,17-22H2,1-3H3,(H,55,59)(H2,47,49,51)(H2,48,50,52)/t32-,33+,34+,35+,39+,40+,45+,70?/m0/s1. The summed E-state index contributed by atoms with van der Waals surface area (Å²) in [5, 5.41) is 14.6. The number of hydrogen-bond acceptors (Lipinski definition) is 20. The number of benzene rings is 3. The molecule has 70 heavy (non-hydrogen) atoms. The molecule has 0 saturated carbocycles. The number of nitrogens with zero attached hydrogens (tertiary/aromatic N) is 8. The van der Waals surface area contributed by atoms with Gasteiger partial charge in [-0.2, -0.15) is 0 Å². The lowest BCUT2D eigenvalue weighted by Crippen LogP contribution is -2.39. The Kier molecular flexibility index (Phi) is 13.7. The first-order chi connectivity index (χ1) is 34.1. The van der Waals surface area contributed by atoms with Crippen molar-refractivity contribution in [2.45, 2.75) is 61.3 Å². The molecule has 3 fully saturated rings. The minimum Gasteiger partial charge on any atom is -0.497 e. The Bertz CT molecular complexity index is 2880. The summed E-state index contributed by atoms with van der Waals surface area (Å²) in [5.74, 6) is 1.67. The summed E-state index contributed by atoms with van der Waals surface area (Å²) >= 11 is 0. The molecular weight excluding hydrogens is 930 g/mol. The monoisotopic (exact) mass is 981 g/mol. The van der Waals surface area contributed by atoms with Crippen LogP contribution in [0.2, 0.25) is 0 Å². The molecule has 8 atom stereocenters. The van der Waals surface area contributed by atoms with Crippen LogP contribution in [0.1, 0.15) is 35.6 Å². The quantitative estimate of drug-likeness (QED) is 0.0660. The summed E-state index contributed by atoms with van der Waals surface area (Å²) in [6, 6.07) is 25.0. The molecule has 0 amide bonds. The van der Waals surface area contributed by atoms with Gasteiger partial charge in [0.1, 0.15) is 77.5 Å². The number of nitrogens with two attached hydrogens (primary N) is 2. The van der Waals surface area contributed by atoms with Gasteiger partial charge >= 0.3 is 7.75 Å². The van der Waals surface area contributed by atoms with Gasteiger partial charge in [0.2, 0.25) is 0 Å². The van der Waals surface area contributed by atoms with Crippen LogP contribution in [0.3, 0.4) is 0 Å². The van der Waals surface area contributed by atoms with E-state index in [4.69, 9.17) is 58.4 Å². The zero-order chi connectivity index (χ0) is 48.4. The van der Waals surface area contributed by atoms with Crippen molar-refractivity contribution in [1.82, 2.24) is 44.1 Å². The highest BCUT2D eigenvalue weighted by atomic mass is 31.2. The first-order valence-electron chi connectivity index (χ1n) is 22.4. The number of nitrogen functional groups attached to an aromatic ring is 2. The molecule has 0 aliphatic carbocycles. The van der Waals surface area contributed by atoms with Gasteiger partial charge in [0.15, 0.2) is 35.4 Å². The molecule has 24 heteroatoms. The van der Waals surface area contributed by atoms with Crippen molar-refractivity contribution in [1.29, 1.82) is 0 Å². The maximum absolute atomic E-state index is 15.4. The van der Waals surface area contributed by atoms with Crippen molar-refractivity contribution < 1.29 is 56.6 Å². The van der Waals surface area contributed by atoms with Gasteiger partial charge in [-0.15, -0.1) is 0 Å². The van der Waals surface area contributed by atoms with E-state index in [0.29, 0.717) is 47.0 Å². The number of ether oxygens (including phenoxy) is 8. The normalized spacial score (nSPS) is 23.9. The maximum atomic E-state index is 15.4. The van der Waals surface area contributed by atoms with Crippen LogP contribution in [0.25, 0.3) is 22.3 Å². The molecule has 0 spiro atoms. The highest BCUT2D eigenvalue weighted by molar-refractivity contribution is 7.51. The molecule has 1 unspecified atom stereocenters. The fourth-order valence-corrected chi connectivity index (χ4v) is 10.6. The SMILES string of the molecule is COc1ccc(C(OC[C@H]2O[C@@H](n3cnc4c(N)ncnc43)C[C@@H]2OP(=O)(NCC2OCCO2)OC[C@H]2O[C@@H](n3cnc4c(N)ncnc43)[C@H](OC)[C@@H]2O)(c2ccccc2)c2ccc(OC)cc2)cc1. The average molecular weight is 982 g/mol. The van der Waals surface area contributed by atoms with Crippen molar-refractivity contribution in [2.75, 3.05) is 65.8 Å². The summed E-state index contributed by atoms with van der Waals surface area (Å²) in [6.07, 6.45) is -1.92. The van der Waals surface area contributed by atoms with E-state index in [1.165, 1.54) is 26.1 Å². The second-order valence-corrected chi connectivity index (χ2v) is 18.4. The van der Waals surface area contributed by atoms with Crippen LogP contribution >= 0.6 is 7.75 Å². The van der Waals surface area contributed by atoms with Crippen LogP contribution < -0.4 is 26.0 Å². The maximum Gasteiger partial charge on any atom is 0.406 e. The van der Waals surface area contributed by atoms with E-state index >= 15 is 4.57 Å². The highest BCUT2D eigenvalue weighted by Crippen LogP contribution is 2.51. The first kappa shape index (κ1) is 47.5. The second kappa shape index (κ2) is 20.3. The van der Waals surface area contributed by atoms with Crippen LogP contribution in [0.4, 0.5) is 11.6 Å². The Morgan fingerprint density at radius 1 is 0.743 bits per heavy atom. The molecule has 0 radical (unpaired) electrons. The number of methoxy groups -OCH3 is 3. The molecule has 3 aromatic carbocycles. The largest absolute Gasteiger partial charge is 0.497 e. The lowest BCUT2D eigenvalue weighted by Gasteiger charge is -2.37. The highest BCUT2D eigenvalue weighted by Gasteiger charge is 2.49. The number of anilines is 2. The van der Waals surface area contributed by atoms with Gasteiger partial charge in [-0.05, 0) is 41.0 Å². The van der Waals surface area contributed by atoms with Gasteiger partial charge in [-0.25, -0.2) is 39.6 Å². The third kappa shape index (κ3) is 9.17. The Labute approximate surface area is 400 Å². The predicted molar refractivity (Wildman–Crippen MR) is 249 cm³/mol. The van der Waals surface area contributed by atoms with Gasteiger partial charge in [0.25, 0.3) is 0 Å². The van der Waals surface area contributed by atoms with Gasteiger partial charge < -0.3 is 54.5 Å². The zero-order valence-corrected chi connectivity index (χ0v) is 39.2. The van der Waals surface area contributed by atoms with Crippen molar-refractivity contribution in [3.05, 3.63) is 121 Å². The first-order valence-corrected chi connectivity index (χ1v) is 23.9. The van der Waals surface area contributed by atoms with Gasteiger partial charge in [-0.3, -0.25) is 18.2 Å². The number of aliphatic hydroxyl groups excluding tert-OH is 1. The third-order valence-electron chi connectivity index (χ3n) is 12.6.